The molecule has 1 amide bonds. The summed E-state index contributed by atoms with van der Waals surface area (Å²) in [4.78, 5) is 14.9. The summed E-state index contributed by atoms with van der Waals surface area (Å²) in [6.07, 6.45) is 3.72. The third kappa shape index (κ3) is 3.29. The lowest BCUT2D eigenvalue weighted by molar-refractivity contribution is 0.102. The van der Waals surface area contributed by atoms with Crippen molar-refractivity contribution in [2.75, 3.05) is 5.32 Å². The van der Waals surface area contributed by atoms with E-state index in [4.69, 9.17) is 12.2 Å². The SMILES string of the molecule is CCC(CC)c1nnc(NC(=O)c2ccc[nH]c2=S)s1. The predicted octanol–water partition coefficient (Wildman–Crippen LogP) is 3.75. The van der Waals surface area contributed by atoms with Gasteiger partial charge in [0, 0.05) is 12.1 Å². The number of hydrogen-bond donors (Lipinski definition) is 2. The van der Waals surface area contributed by atoms with E-state index in [0.717, 1.165) is 17.8 Å². The molecule has 2 rings (SSSR count). The second kappa shape index (κ2) is 6.71. The number of nitrogens with one attached hydrogen (secondary N) is 2. The lowest BCUT2D eigenvalue weighted by atomic mass is 10.1. The van der Waals surface area contributed by atoms with E-state index in [-0.39, 0.29) is 5.91 Å². The van der Waals surface area contributed by atoms with Crippen molar-refractivity contribution in [1.29, 1.82) is 0 Å². The Balaban J connectivity index is 2.13. The molecule has 2 N–H and O–H groups in total. The van der Waals surface area contributed by atoms with Crippen LogP contribution in [0.1, 0.15) is 48.0 Å². The number of H-pyrrole nitrogens is 1. The van der Waals surface area contributed by atoms with Gasteiger partial charge >= 0.3 is 0 Å². The topological polar surface area (TPSA) is 70.7 Å². The monoisotopic (exact) mass is 308 g/mol. The first-order valence-corrected chi connectivity index (χ1v) is 7.70. The van der Waals surface area contributed by atoms with Crippen LogP contribution in [0.15, 0.2) is 18.3 Å². The van der Waals surface area contributed by atoms with E-state index in [9.17, 15) is 4.79 Å². The van der Waals surface area contributed by atoms with Crippen LogP contribution in [0, 0.1) is 4.64 Å². The van der Waals surface area contributed by atoms with Crippen LogP contribution < -0.4 is 5.32 Å². The molecule has 0 aromatic carbocycles. The number of aromatic amines is 1. The quantitative estimate of drug-likeness (QED) is 0.825. The van der Waals surface area contributed by atoms with Crippen molar-refractivity contribution in [3.63, 3.8) is 0 Å². The summed E-state index contributed by atoms with van der Waals surface area (Å²) >= 11 is 6.50. The molecule has 0 atom stereocenters. The van der Waals surface area contributed by atoms with Crippen LogP contribution in [0.25, 0.3) is 0 Å². The maximum absolute atomic E-state index is 12.1. The molecule has 2 heterocycles. The average molecular weight is 308 g/mol. The molecule has 2 aromatic heterocycles. The van der Waals surface area contributed by atoms with Crippen LogP contribution in [0.3, 0.4) is 0 Å². The van der Waals surface area contributed by atoms with Crippen LogP contribution in [0.2, 0.25) is 0 Å². The highest BCUT2D eigenvalue weighted by Gasteiger charge is 2.15. The van der Waals surface area contributed by atoms with Gasteiger partial charge in [-0.25, -0.2) is 0 Å². The number of anilines is 1. The second-order valence-electron chi connectivity index (χ2n) is 4.33. The minimum Gasteiger partial charge on any atom is -0.352 e. The lowest BCUT2D eigenvalue weighted by Gasteiger charge is -2.05. The molecule has 0 aliphatic rings. The molecule has 0 saturated carbocycles. The van der Waals surface area contributed by atoms with Crippen LogP contribution in [-0.2, 0) is 0 Å². The van der Waals surface area contributed by atoms with Gasteiger partial charge in [-0.3, -0.25) is 10.1 Å². The van der Waals surface area contributed by atoms with E-state index in [1.807, 2.05) is 0 Å². The molecule has 106 valence electrons. The van der Waals surface area contributed by atoms with Gasteiger partial charge in [-0.2, -0.15) is 0 Å². The molecular weight excluding hydrogens is 292 g/mol. The summed E-state index contributed by atoms with van der Waals surface area (Å²) in [6, 6.07) is 3.41. The largest absolute Gasteiger partial charge is 0.352 e. The van der Waals surface area contributed by atoms with Gasteiger partial charge in [0.15, 0.2) is 0 Å². The second-order valence-corrected chi connectivity index (χ2v) is 5.74. The minimum absolute atomic E-state index is 0.265. The Morgan fingerprint density at radius 3 is 2.85 bits per heavy atom. The normalized spacial score (nSPS) is 10.8. The maximum Gasteiger partial charge on any atom is 0.260 e. The fourth-order valence-corrected chi connectivity index (χ4v) is 3.09. The molecule has 20 heavy (non-hydrogen) atoms. The Morgan fingerprint density at radius 2 is 2.20 bits per heavy atom. The smallest absolute Gasteiger partial charge is 0.260 e. The molecule has 0 radical (unpaired) electrons. The van der Waals surface area contributed by atoms with E-state index >= 15 is 0 Å². The highest BCUT2D eigenvalue weighted by atomic mass is 32.1. The van der Waals surface area contributed by atoms with Gasteiger partial charge < -0.3 is 4.98 Å². The van der Waals surface area contributed by atoms with E-state index < -0.39 is 0 Å². The third-order valence-corrected chi connectivity index (χ3v) is 4.40. The molecule has 7 heteroatoms. The zero-order valence-electron chi connectivity index (χ0n) is 11.3. The summed E-state index contributed by atoms with van der Waals surface area (Å²) in [5, 5.41) is 12.4. The molecule has 0 aliphatic heterocycles. The number of rotatable bonds is 5. The summed E-state index contributed by atoms with van der Waals surface area (Å²) in [5.74, 6) is 0.136. The summed E-state index contributed by atoms with van der Waals surface area (Å²) < 4.78 is 0.412. The molecule has 0 bridgehead atoms. The minimum atomic E-state index is -0.265. The van der Waals surface area contributed by atoms with Crippen molar-refractivity contribution in [1.82, 2.24) is 15.2 Å². The lowest BCUT2D eigenvalue weighted by Crippen LogP contribution is -2.12. The molecule has 0 unspecified atom stereocenters. The van der Waals surface area contributed by atoms with Gasteiger partial charge in [0.05, 0.1) is 5.56 Å². The number of carbonyl (C=O) groups is 1. The standard InChI is InChI=1S/C13H16N4OS2/c1-3-8(4-2)12-16-17-13(20-12)15-10(18)9-6-5-7-14-11(9)19/h5-8H,3-4H2,1-2H3,(H,14,19)(H,15,17,18). The highest BCUT2D eigenvalue weighted by molar-refractivity contribution is 7.71. The number of pyridine rings is 1. The van der Waals surface area contributed by atoms with Crippen LogP contribution in [0.4, 0.5) is 5.13 Å². The Hall–Kier alpha value is -1.60. The predicted molar refractivity (Wildman–Crippen MR) is 82.8 cm³/mol. The maximum atomic E-state index is 12.1. The van der Waals surface area contributed by atoms with Crippen LogP contribution in [-0.4, -0.2) is 21.1 Å². The number of nitrogens with zero attached hydrogens (tertiary/aromatic N) is 2. The summed E-state index contributed by atoms with van der Waals surface area (Å²) in [6.45, 7) is 4.24. The zero-order chi connectivity index (χ0) is 14.5. The molecule has 0 aliphatic carbocycles. The molecule has 0 fully saturated rings. The van der Waals surface area contributed by atoms with Gasteiger partial charge in [0.2, 0.25) is 5.13 Å². The van der Waals surface area contributed by atoms with Gasteiger partial charge in [0.1, 0.15) is 9.65 Å². The Morgan fingerprint density at radius 1 is 1.45 bits per heavy atom. The first kappa shape index (κ1) is 14.8. The van der Waals surface area contributed by atoms with Crippen LogP contribution >= 0.6 is 23.6 Å². The number of hydrogen-bond acceptors (Lipinski definition) is 5. The Labute approximate surface area is 126 Å². The van der Waals surface area contributed by atoms with Crippen molar-refractivity contribution in [2.45, 2.75) is 32.6 Å². The van der Waals surface area contributed by atoms with Crippen molar-refractivity contribution in [2.24, 2.45) is 0 Å². The Kier molecular flexibility index (Phi) is 4.97. The van der Waals surface area contributed by atoms with Crippen LogP contribution in [0.5, 0.6) is 0 Å². The Bertz CT molecular complexity index is 646. The van der Waals surface area contributed by atoms with Gasteiger partial charge in [-0.05, 0) is 25.0 Å². The van der Waals surface area contributed by atoms with Crippen molar-refractivity contribution in [3.8, 4) is 0 Å². The summed E-state index contributed by atoms with van der Waals surface area (Å²) in [5.41, 5.74) is 0.432. The number of carbonyl (C=O) groups excluding carboxylic acids is 1. The first-order valence-electron chi connectivity index (χ1n) is 6.48. The highest BCUT2D eigenvalue weighted by Crippen LogP contribution is 2.28. The first-order chi connectivity index (χ1) is 9.65. The van der Waals surface area contributed by atoms with E-state index in [2.05, 4.69) is 34.3 Å². The molecule has 0 spiro atoms. The average Bonchev–Trinajstić information content (AvgIpc) is 2.89. The van der Waals surface area contributed by atoms with Gasteiger partial charge in [-0.1, -0.05) is 37.4 Å². The van der Waals surface area contributed by atoms with Gasteiger partial charge in [-0.15, -0.1) is 10.2 Å². The van der Waals surface area contributed by atoms with Crippen molar-refractivity contribution in [3.05, 3.63) is 33.5 Å². The number of aromatic nitrogens is 3. The van der Waals surface area contributed by atoms with Crippen molar-refractivity contribution < 1.29 is 4.79 Å². The van der Waals surface area contributed by atoms with Gasteiger partial charge in [0.25, 0.3) is 5.91 Å². The fourth-order valence-electron chi connectivity index (χ4n) is 1.85. The van der Waals surface area contributed by atoms with E-state index in [0.29, 0.717) is 21.3 Å². The summed E-state index contributed by atoms with van der Waals surface area (Å²) in [7, 11) is 0. The number of amides is 1. The van der Waals surface area contributed by atoms with E-state index in [1.165, 1.54) is 11.3 Å². The molecule has 0 saturated heterocycles. The molecule has 5 nitrogen and oxygen atoms in total. The fraction of sp³-hybridized carbons (Fsp3) is 0.385. The molecule has 2 aromatic rings. The third-order valence-electron chi connectivity index (χ3n) is 3.06. The van der Waals surface area contributed by atoms with E-state index in [1.54, 1.807) is 18.3 Å². The zero-order valence-corrected chi connectivity index (χ0v) is 13.0. The molecular formula is C13H16N4OS2. The van der Waals surface area contributed by atoms with Crippen molar-refractivity contribution >= 4 is 34.6 Å².